The van der Waals surface area contributed by atoms with Crippen molar-refractivity contribution in [1.29, 1.82) is 0 Å². The first kappa shape index (κ1) is 14.7. The molecule has 5 heteroatoms. The number of fused-ring (bicyclic) bond motifs is 1. The predicted molar refractivity (Wildman–Crippen MR) is 87.6 cm³/mol. The van der Waals surface area contributed by atoms with E-state index >= 15 is 0 Å². The lowest BCUT2D eigenvalue weighted by Crippen LogP contribution is -2.19. The van der Waals surface area contributed by atoms with Crippen LogP contribution in [0.3, 0.4) is 0 Å². The summed E-state index contributed by atoms with van der Waals surface area (Å²) in [6.07, 6.45) is 1.23. The van der Waals surface area contributed by atoms with Gasteiger partial charge in [0.1, 0.15) is 0 Å². The summed E-state index contributed by atoms with van der Waals surface area (Å²) < 4.78 is 0. The molecular formula is C16H12Cl3NO. The second kappa shape index (κ2) is 5.88. The zero-order valence-electron chi connectivity index (χ0n) is 11.0. The van der Waals surface area contributed by atoms with Crippen molar-refractivity contribution in [2.24, 2.45) is 0 Å². The first-order valence-corrected chi connectivity index (χ1v) is 7.75. The highest BCUT2D eigenvalue weighted by Gasteiger charge is 2.19. The van der Waals surface area contributed by atoms with E-state index in [0.717, 1.165) is 28.8 Å². The second-order valence-corrected chi connectivity index (χ2v) is 6.27. The average Bonchev–Trinajstić information content (AvgIpc) is 2.48. The Labute approximate surface area is 138 Å². The average molecular weight is 341 g/mol. The van der Waals surface area contributed by atoms with Gasteiger partial charge >= 0.3 is 0 Å². The number of carbonyl (C=O) groups excluding carboxylic acids is 1. The molecule has 2 aromatic rings. The van der Waals surface area contributed by atoms with Crippen molar-refractivity contribution in [2.75, 3.05) is 5.32 Å². The molecule has 1 aliphatic heterocycles. The van der Waals surface area contributed by atoms with Crippen molar-refractivity contribution in [1.82, 2.24) is 0 Å². The number of carbonyl (C=O) groups is 1. The van der Waals surface area contributed by atoms with Crippen LogP contribution < -0.4 is 5.32 Å². The van der Waals surface area contributed by atoms with E-state index in [9.17, 15) is 4.79 Å². The molecule has 0 saturated heterocycles. The molecule has 0 aliphatic carbocycles. The van der Waals surface area contributed by atoms with Crippen LogP contribution in [0.2, 0.25) is 10.0 Å². The number of amides is 1. The first-order valence-electron chi connectivity index (χ1n) is 6.56. The van der Waals surface area contributed by atoms with Crippen molar-refractivity contribution in [3.8, 4) is 0 Å². The van der Waals surface area contributed by atoms with Crippen LogP contribution in [0.15, 0.2) is 36.4 Å². The summed E-state index contributed by atoms with van der Waals surface area (Å²) in [6.45, 7) is 0. The maximum Gasteiger partial charge on any atom is 0.224 e. The predicted octanol–water partition coefficient (Wildman–Crippen LogP) is 5.21. The minimum atomic E-state index is -0.376. The number of nitrogens with one attached hydrogen (secondary N) is 1. The fourth-order valence-corrected chi connectivity index (χ4v) is 3.23. The van der Waals surface area contributed by atoms with Crippen LogP contribution in [-0.2, 0) is 11.2 Å². The zero-order valence-corrected chi connectivity index (χ0v) is 13.3. The van der Waals surface area contributed by atoms with Gasteiger partial charge in [-0.05, 0) is 47.4 Å². The van der Waals surface area contributed by atoms with Crippen LogP contribution in [0.25, 0.3) is 0 Å². The van der Waals surface area contributed by atoms with Crippen molar-refractivity contribution < 1.29 is 4.79 Å². The molecule has 2 nitrogen and oxygen atoms in total. The van der Waals surface area contributed by atoms with Gasteiger partial charge in [0, 0.05) is 22.2 Å². The largest absolute Gasteiger partial charge is 0.326 e. The standard InChI is InChI=1S/C16H12Cl3NO/c17-11-3-4-13(18)12(8-11)16(19)10-1-5-14-9(7-10)2-6-15(21)20-14/h1,3-5,7-8,16H,2,6H2,(H,20,21). The van der Waals surface area contributed by atoms with E-state index in [0.29, 0.717) is 16.5 Å². The van der Waals surface area contributed by atoms with E-state index in [1.165, 1.54) is 0 Å². The molecule has 1 heterocycles. The lowest BCUT2D eigenvalue weighted by atomic mass is 9.97. The van der Waals surface area contributed by atoms with Gasteiger partial charge in [-0.25, -0.2) is 0 Å². The topological polar surface area (TPSA) is 29.1 Å². The molecule has 0 fully saturated rings. The van der Waals surface area contributed by atoms with Gasteiger partial charge in [0.2, 0.25) is 5.91 Å². The third-order valence-corrected chi connectivity index (χ3v) is 4.61. The lowest BCUT2D eigenvalue weighted by Gasteiger charge is -2.19. The van der Waals surface area contributed by atoms with E-state index in [4.69, 9.17) is 34.8 Å². The van der Waals surface area contributed by atoms with E-state index < -0.39 is 0 Å². The van der Waals surface area contributed by atoms with Crippen molar-refractivity contribution in [3.63, 3.8) is 0 Å². The van der Waals surface area contributed by atoms with Crippen molar-refractivity contribution in [2.45, 2.75) is 18.2 Å². The van der Waals surface area contributed by atoms with Gasteiger partial charge in [0.05, 0.1) is 5.38 Å². The zero-order chi connectivity index (χ0) is 15.0. The second-order valence-electron chi connectivity index (χ2n) is 4.99. The maximum absolute atomic E-state index is 11.4. The van der Waals surface area contributed by atoms with Crippen molar-refractivity contribution >= 4 is 46.4 Å². The third-order valence-electron chi connectivity index (χ3n) is 3.55. The van der Waals surface area contributed by atoms with Crippen LogP contribution in [0.1, 0.15) is 28.5 Å². The minimum Gasteiger partial charge on any atom is -0.326 e. The van der Waals surface area contributed by atoms with Gasteiger partial charge in [0.15, 0.2) is 0 Å². The fourth-order valence-electron chi connectivity index (χ4n) is 2.45. The van der Waals surface area contributed by atoms with E-state index in [1.807, 2.05) is 18.2 Å². The van der Waals surface area contributed by atoms with Crippen LogP contribution >= 0.6 is 34.8 Å². The Morgan fingerprint density at radius 1 is 1.05 bits per heavy atom. The third kappa shape index (κ3) is 3.03. The smallest absolute Gasteiger partial charge is 0.224 e. The quantitative estimate of drug-likeness (QED) is 0.747. The molecule has 1 unspecified atom stereocenters. The van der Waals surface area contributed by atoms with Gasteiger partial charge < -0.3 is 5.32 Å². The van der Waals surface area contributed by atoms with Crippen molar-refractivity contribution in [3.05, 3.63) is 63.1 Å². The van der Waals surface area contributed by atoms with Crippen LogP contribution in [0, 0.1) is 0 Å². The molecule has 1 amide bonds. The number of aryl methyl sites for hydroxylation is 1. The number of halogens is 3. The van der Waals surface area contributed by atoms with Gasteiger partial charge in [-0.2, -0.15) is 0 Å². The Morgan fingerprint density at radius 2 is 1.86 bits per heavy atom. The molecule has 1 N–H and O–H groups in total. The SMILES string of the molecule is O=C1CCc2cc(C(Cl)c3cc(Cl)ccc3Cl)ccc2N1. The molecule has 1 aliphatic rings. The van der Waals surface area contributed by atoms with Gasteiger partial charge in [-0.15, -0.1) is 11.6 Å². The molecule has 0 spiro atoms. The summed E-state index contributed by atoms with van der Waals surface area (Å²) in [6, 6.07) is 11.1. The molecule has 0 radical (unpaired) electrons. The van der Waals surface area contributed by atoms with E-state index in [1.54, 1.807) is 18.2 Å². The summed E-state index contributed by atoms with van der Waals surface area (Å²) >= 11 is 18.8. The van der Waals surface area contributed by atoms with Crippen LogP contribution in [0.4, 0.5) is 5.69 Å². The highest BCUT2D eigenvalue weighted by atomic mass is 35.5. The molecule has 0 bridgehead atoms. The number of hydrogen-bond donors (Lipinski definition) is 1. The molecule has 21 heavy (non-hydrogen) atoms. The Bertz CT molecular complexity index is 715. The summed E-state index contributed by atoms with van der Waals surface area (Å²) in [5.41, 5.74) is 3.67. The number of hydrogen-bond acceptors (Lipinski definition) is 1. The van der Waals surface area contributed by atoms with E-state index in [2.05, 4.69) is 5.32 Å². The van der Waals surface area contributed by atoms with Crippen LogP contribution in [-0.4, -0.2) is 5.91 Å². The van der Waals surface area contributed by atoms with E-state index in [-0.39, 0.29) is 11.3 Å². The molecule has 0 saturated carbocycles. The summed E-state index contributed by atoms with van der Waals surface area (Å²) in [5.74, 6) is 0.0514. The molecule has 1 atom stereocenters. The Morgan fingerprint density at radius 3 is 2.67 bits per heavy atom. The fraction of sp³-hybridized carbons (Fsp3) is 0.188. The summed E-state index contributed by atoms with van der Waals surface area (Å²) in [4.78, 5) is 11.4. The number of rotatable bonds is 2. The normalized spacial score (nSPS) is 15.3. The lowest BCUT2D eigenvalue weighted by molar-refractivity contribution is -0.116. The van der Waals surface area contributed by atoms with Gasteiger partial charge in [0.25, 0.3) is 0 Å². The summed E-state index contributed by atoms with van der Waals surface area (Å²) in [5, 5.41) is 3.67. The molecule has 2 aromatic carbocycles. The number of alkyl halides is 1. The molecule has 3 rings (SSSR count). The number of anilines is 1. The Hall–Kier alpha value is -1.22. The Balaban J connectivity index is 1.97. The molecule has 0 aromatic heterocycles. The van der Waals surface area contributed by atoms with Crippen LogP contribution in [0.5, 0.6) is 0 Å². The number of benzene rings is 2. The first-order chi connectivity index (χ1) is 10.0. The maximum atomic E-state index is 11.4. The monoisotopic (exact) mass is 339 g/mol. The molecular weight excluding hydrogens is 329 g/mol. The van der Waals surface area contributed by atoms with Gasteiger partial charge in [-0.3, -0.25) is 4.79 Å². The highest BCUT2D eigenvalue weighted by Crippen LogP contribution is 2.37. The Kier molecular flexibility index (Phi) is 4.12. The summed E-state index contributed by atoms with van der Waals surface area (Å²) in [7, 11) is 0. The minimum absolute atomic E-state index is 0.0514. The molecule has 108 valence electrons. The highest BCUT2D eigenvalue weighted by molar-refractivity contribution is 6.35. The van der Waals surface area contributed by atoms with Gasteiger partial charge in [-0.1, -0.05) is 35.3 Å².